The van der Waals surface area contributed by atoms with Gasteiger partial charge in [0.2, 0.25) is 0 Å². The molecule has 3 aromatic carbocycles. The molecule has 0 radical (unpaired) electrons. The van der Waals surface area contributed by atoms with Crippen LogP contribution in [0.1, 0.15) is 60.6 Å². The summed E-state index contributed by atoms with van der Waals surface area (Å²) in [6, 6.07) is 23.1. The van der Waals surface area contributed by atoms with Crippen LogP contribution < -0.4 is 5.32 Å². The minimum Gasteiger partial charge on any atom is -0.379 e. The van der Waals surface area contributed by atoms with E-state index < -0.39 is 0 Å². The number of anilines is 1. The Morgan fingerprint density at radius 3 is 2.58 bits per heavy atom. The summed E-state index contributed by atoms with van der Waals surface area (Å²) in [5, 5.41) is 6.51. The molecule has 0 saturated heterocycles. The second kappa shape index (κ2) is 9.36. The van der Waals surface area contributed by atoms with E-state index in [-0.39, 0.29) is 0 Å². The Kier molecular flexibility index (Phi) is 5.69. The molecule has 2 heteroatoms. The lowest BCUT2D eigenvalue weighted by Crippen LogP contribution is -2.17. The average molecular weight is 495 g/mol. The summed E-state index contributed by atoms with van der Waals surface area (Å²) < 4.78 is 2.50. The number of hydrogen-bond donors (Lipinski definition) is 1. The largest absolute Gasteiger partial charge is 0.379 e. The number of fused-ring (bicyclic) bond motifs is 5. The van der Waals surface area contributed by atoms with Gasteiger partial charge in [0, 0.05) is 40.3 Å². The van der Waals surface area contributed by atoms with Crippen LogP contribution in [0.2, 0.25) is 0 Å². The van der Waals surface area contributed by atoms with Gasteiger partial charge in [0.25, 0.3) is 0 Å². The Morgan fingerprint density at radius 1 is 0.921 bits per heavy atom. The lowest BCUT2D eigenvalue weighted by atomic mass is 9.86. The van der Waals surface area contributed by atoms with Crippen molar-refractivity contribution in [2.75, 3.05) is 5.32 Å². The number of para-hydroxylation sites is 1. The summed E-state index contributed by atoms with van der Waals surface area (Å²) in [6.45, 7) is 6.44. The van der Waals surface area contributed by atoms with E-state index in [9.17, 15) is 0 Å². The first-order chi connectivity index (χ1) is 18.8. The predicted octanol–water partition coefficient (Wildman–Crippen LogP) is 9.45. The van der Waals surface area contributed by atoms with Crippen LogP contribution in [-0.2, 0) is 0 Å². The molecule has 188 valence electrons. The van der Waals surface area contributed by atoms with Crippen LogP contribution in [-0.4, -0.2) is 10.6 Å². The maximum Gasteiger partial charge on any atom is 0.0776 e. The van der Waals surface area contributed by atoms with Gasteiger partial charge >= 0.3 is 0 Å². The Hall–Kier alpha value is -4.04. The van der Waals surface area contributed by atoms with Crippen molar-refractivity contribution in [3.05, 3.63) is 133 Å². The highest BCUT2D eigenvalue weighted by Gasteiger charge is 2.32. The number of allylic oxidation sites excluding steroid dienone is 8. The lowest BCUT2D eigenvalue weighted by molar-refractivity contribution is 0.662. The number of benzene rings is 3. The summed E-state index contributed by atoms with van der Waals surface area (Å²) >= 11 is 0. The number of hydrogen-bond acceptors (Lipinski definition) is 1. The molecule has 0 bridgehead atoms. The molecule has 2 aliphatic carbocycles. The van der Waals surface area contributed by atoms with Crippen LogP contribution in [0.3, 0.4) is 0 Å². The third-order valence-electron chi connectivity index (χ3n) is 8.74. The van der Waals surface area contributed by atoms with Crippen LogP contribution >= 0.6 is 0 Å². The van der Waals surface area contributed by atoms with Crippen molar-refractivity contribution in [1.29, 1.82) is 0 Å². The maximum atomic E-state index is 4.18. The van der Waals surface area contributed by atoms with Gasteiger partial charge in [-0.25, -0.2) is 0 Å². The fourth-order valence-electron chi connectivity index (χ4n) is 6.80. The van der Waals surface area contributed by atoms with Crippen LogP contribution in [0.5, 0.6) is 0 Å². The van der Waals surface area contributed by atoms with E-state index in [4.69, 9.17) is 0 Å². The molecule has 4 unspecified atom stereocenters. The van der Waals surface area contributed by atoms with Gasteiger partial charge in [-0.05, 0) is 48.1 Å². The lowest BCUT2D eigenvalue weighted by Gasteiger charge is -2.22. The van der Waals surface area contributed by atoms with Gasteiger partial charge in [-0.2, -0.15) is 0 Å². The molecule has 38 heavy (non-hydrogen) atoms. The van der Waals surface area contributed by atoms with Gasteiger partial charge in [0.05, 0.1) is 16.7 Å². The third kappa shape index (κ3) is 3.62. The third-order valence-corrected chi connectivity index (χ3v) is 8.74. The number of aromatic nitrogens is 1. The van der Waals surface area contributed by atoms with E-state index in [1.54, 1.807) is 0 Å². The standard InChI is InChI=1S/C36H34N2/c1-3-29-31-20-21-32-30-18-8-9-19-34(30)38(36(32)35(31)37-33(29)4-2)28-17-11-16-27(23-28)26-15-10-14-25(22-26)24-12-6-5-7-13-24/h3,5-12,14-15,17-24,27,29,33,37H,1,4,13,16H2,2H3. The smallest absolute Gasteiger partial charge is 0.0776 e. The molecule has 1 N–H and O–H groups in total. The highest BCUT2D eigenvalue weighted by Crippen LogP contribution is 2.46. The van der Waals surface area contributed by atoms with Crippen molar-refractivity contribution in [3.8, 4) is 0 Å². The van der Waals surface area contributed by atoms with Crippen LogP contribution in [0.15, 0.2) is 116 Å². The van der Waals surface area contributed by atoms with E-state index in [1.807, 2.05) is 0 Å². The quantitative estimate of drug-likeness (QED) is 0.273. The fourth-order valence-corrected chi connectivity index (χ4v) is 6.80. The van der Waals surface area contributed by atoms with E-state index in [0.29, 0.717) is 23.8 Å². The number of rotatable bonds is 5. The monoisotopic (exact) mass is 494 g/mol. The highest BCUT2D eigenvalue weighted by atomic mass is 15.0. The van der Waals surface area contributed by atoms with Crippen molar-refractivity contribution in [2.24, 2.45) is 0 Å². The van der Waals surface area contributed by atoms with Crippen molar-refractivity contribution >= 4 is 33.2 Å². The zero-order valence-corrected chi connectivity index (χ0v) is 22.0. The van der Waals surface area contributed by atoms with E-state index in [1.165, 1.54) is 49.9 Å². The number of nitrogens with one attached hydrogen (secondary N) is 1. The molecule has 1 aromatic heterocycles. The van der Waals surface area contributed by atoms with Gasteiger partial charge in [-0.3, -0.25) is 0 Å². The average Bonchev–Trinajstić information content (AvgIpc) is 3.53. The molecule has 0 fully saturated rings. The van der Waals surface area contributed by atoms with Crippen molar-refractivity contribution in [2.45, 2.75) is 50.0 Å². The van der Waals surface area contributed by atoms with Crippen LogP contribution in [0.25, 0.3) is 27.5 Å². The Morgan fingerprint density at radius 2 is 1.76 bits per heavy atom. The normalized spacial score (nSPS) is 24.0. The highest BCUT2D eigenvalue weighted by molar-refractivity contribution is 6.15. The summed E-state index contributed by atoms with van der Waals surface area (Å²) in [5.41, 5.74) is 9.24. The predicted molar refractivity (Wildman–Crippen MR) is 163 cm³/mol. The van der Waals surface area contributed by atoms with E-state index in [2.05, 4.69) is 133 Å². The molecule has 0 amide bonds. The van der Waals surface area contributed by atoms with Crippen molar-refractivity contribution in [1.82, 2.24) is 4.57 Å². The Labute approximate surface area is 225 Å². The molecule has 4 atom stereocenters. The molecular formula is C36H34N2. The first-order valence-corrected chi connectivity index (χ1v) is 14.0. The molecule has 7 rings (SSSR count). The molecule has 0 spiro atoms. The second-order valence-corrected chi connectivity index (χ2v) is 10.9. The summed E-state index contributed by atoms with van der Waals surface area (Å²) in [6.07, 6.45) is 21.4. The summed E-state index contributed by atoms with van der Waals surface area (Å²) in [4.78, 5) is 0. The van der Waals surface area contributed by atoms with Crippen molar-refractivity contribution in [3.63, 3.8) is 0 Å². The van der Waals surface area contributed by atoms with Gasteiger partial charge in [-0.1, -0.05) is 104 Å². The SMILES string of the molecule is C=CC1c2ccc3c4ccccc4n(C4=CC(c5cccc(C6C=CC=CC6)c5)CC=C4)c3c2NC1CC. The minimum atomic E-state index is 0.334. The molecule has 2 nitrogen and oxygen atoms in total. The van der Waals surface area contributed by atoms with E-state index in [0.717, 1.165) is 19.3 Å². The minimum absolute atomic E-state index is 0.334. The van der Waals surface area contributed by atoms with Gasteiger partial charge in [-0.15, -0.1) is 6.58 Å². The zero-order chi connectivity index (χ0) is 25.6. The Bertz CT molecular complexity index is 1670. The molecule has 1 aliphatic heterocycles. The van der Waals surface area contributed by atoms with Gasteiger partial charge < -0.3 is 9.88 Å². The molecule has 3 aliphatic rings. The molecule has 0 saturated carbocycles. The zero-order valence-electron chi connectivity index (χ0n) is 22.0. The molecular weight excluding hydrogens is 460 g/mol. The Balaban J connectivity index is 1.38. The number of nitrogens with zero attached hydrogens (tertiary/aromatic N) is 1. The van der Waals surface area contributed by atoms with Gasteiger partial charge in [0.1, 0.15) is 0 Å². The van der Waals surface area contributed by atoms with Crippen molar-refractivity contribution < 1.29 is 0 Å². The van der Waals surface area contributed by atoms with Gasteiger partial charge in [0.15, 0.2) is 0 Å². The molecule has 2 heterocycles. The maximum absolute atomic E-state index is 4.18. The van der Waals surface area contributed by atoms with Crippen LogP contribution in [0.4, 0.5) is 5.69 Å². The van der Waals surface area contributed by atoms with E-state index >= 15 is 0 Å². The molecule has 4 aromatic rings. The first kappa shape index (κ1) is 23.1. The van der Waals surface area contributed by atoms with Crippen LogP contribution in [0, 0.1) is 0 Å². The second-order valence-electron chi connectivity index (χ2n) is 10.9. The summed E-state index contributed by atoms with van der Waals surface area (Å²) in [7, 11) is 0. The summed E-state index contributed by atoms with van der Waals surface area (Å²) in [5.74, 6) is 1.15. The first-order valence-electron chi connectivity index (χ1n) is 14.0. The topological polar surface area (TPSA) is 17.0 Å². The fraction of sp³-hybridized carbons (Fsp3) is 0.222.